The molecule has 0 aliphatic heterocycles. The predicted molar refractivity (Wildman–Crippen MR) is 67.8 cm³/mol. The summed E-state index contributed by atoms with van der Waals surface area (Å²) in [5, 5.41) is 0. The maximum absolute atomic E-state index is 6.25. The van der Waals surface area contributed by atoms with Gasteiger partial charge in [-0.15, -0.1) is 0 Å². The van der Waals surface area contributed by atoms with Crippen LogP contribution in [0.5, 0.6) is 0 Å². The summed E-state index contributed by atoms with van der Waals surface area (Å²) in [6.07, 6.45) is 5.30. The Morgan fingerprint density at radius 1 is 1.47 bits per heavy atom. The zero-order valence-corrected chi connectivity index (χ0v) is 10.8. The summed E-state index contributed by atoms with van der Waals surface area (Å²) >= 11 is 3.51. The van der Waals surface area contributed by atoms with E-state index >= 15 is 0 Å². The van der Waals surface area contributed by atoms with E-state index in [4.69, 9.17) is 5.73 Å². The van der Waals surface area contributed by atoms with Crippen LogP contribution in [0.3, 0.4) is 0 Å². The second kappa shape index (κ2) is 4.67. The van der Waals surface area contributed by atoms with Gasteiger partial charge in [0.2, 0.25) is 0 Å². The van der Waals surface area contributed by atoms with Crippen molar-refractivity contribution >= 4 is 15.9 Å². The van der Waals surface area contributed by atoms with Gasteiger partial charge < -0.3 is 5.73 Å². The predicted octanol–water partition coefficient (Wildman–Crippen LogP) is 3.95. The first kappa shape index (κ1) is 11.2. The Hall–Kier alpha value is -0.340. The summed E-state index contributed by atoms with van der Waals surface area (Å²) in [6, 6.07) is 6.60. The molecule has 15 heavy (non-hydrogen) atoms. The molecule has 2 rings (SSSR count). The molecule has 1 fully saturated rings. The molecule has 1 aromatic rings. The van der Waals surface area contributed by atoms with E-state index in [0.717, 1.165) is 16.8 Å². The van der Waals surface area contributed by atoms with Crippen LogP contribution in [0.15, 0.2) is 22.7 Å². The monoisotopic (exact) mass is 267 g/mol. The number of nitrogens with two attached hydrogens (primary N) is 1. The zero-order chi connectivity index (χ0) is 10.8. The zero-order valence-electron chi connectivity index (χ0n) is 9.17. The third-order valence-corrected chi connectivity index (χ3v) is 3.95. The average molecular weight is 268 g/mol. The number of aryl methyl sites for hydroxylation is 1. The molecule has 0 heterocycles. The molecule has 1 aliphatic carbocycles. The van der Waals surface area contributed by atoms with Crippen LogP contribution in [-0.4, -0.2) is 0 Å². The average Bonchev–Trinajstić information content (AvgIpc) is 2.15. The largest absolute Gasteiger partial charge is 0.324 e. The van der Waals surface area contributed by atoms with Gasteiger partial charge in [0.25, 0.3) is 0 Å². The highest BCUT2D eigenvalue weighted by molar-refractivity contribution is 9.10. The molecular weight excluding hydrogens is 250 g/mol. The van der Waals surface area contributed by atoms with E-state index < -0.39 is 0 Å². The molecule has 1 aromatic carbocycles. The normalized spacial score (nSPS) is 18.6. The molecule has 82 valence electrons. The summed E-state index contributed by atoms with van der Waals surface area (Å²) in [5.41, 5.74) is 8.87. The fourth-order valence-electron chi connectivity index (χ4n) is 2.23. The smallest absolute Gasteiger partial charge is 0.0300 e. The molecule has 1 atom stereocenters. The van der Waals surface area contributed by atoms with Crippen molar-refractivity contribution in [3.63, 3.8) is 0 Å². The van der Waals surface area contributed by atoms with Gasteiger partial charge in [0.05, 0.1) is 0 Å². The summed E-state index contributed by atoms with van der Waals surface area (Å²) < 4.78 is 1.13. The second-order valence-corrected chi connectivity index (χ2v) is 5.56. The standard InChI is InChI=1S/C13H18BrN/c1-9-5-6-11(14)8-12(9)13(15)7-10-3-2-4-10/h5-6,8,10,13H,2-4,7,15H2,1H3. The van der Waals surface area contributed by atoms with Crippen LogP contribution in [0.1, 0.15) is 42.9 Å². The summed E-state index contributed by atoms with van der Waals surface area (Å²) in [7, 11) is 0. The summed E-state index contributed by atoms with van der Waals surface area (Å²) in [4.78, 5) is 0. The van der Waals surface area contributed by atoms with Crippen LogP contribution in [0, 0.1) is 12.8 Å². The van der Waals surface area contributed by atoms with Gasteiger partial charge in [-0.05, 0) is 42.5 Å². The molecule has 2 N–H and O–H groups in total. The Morgan fingerprint density at radius 2 is 2.20 bits per heavy atom. The van der Waals surface area contributed by atoms with E-state index in [-0.39, 0.29) is 6.04 Å². The highest BCUT2D eigenvalue weighted by Gasteiger charge is 2.21. The van der Waals surface area contributed by atoms with Gasteiger partial charge >= 0.3 is 0 Å². The Labute approximate surface area is 100 Å². The molecule has 1 nitrogen and oxygen atoms in total. The molecule has 2 heteroatoms. The lowest BCUT2D eigenvalue weighted by atomic mass is 9.79. The van der Waals surface area contributed by atoms with E-state index in [0.29, 0.717) is 0 Å². The molecule has 0 saturated heterocycles. The minimum Gasteiger partial charge on any atom is -0.324 e. The van der Waals surface area contributed by atoms with Crippen molar-refractivity contribution in [2.75, 3.05) is 0 Å². The Kier molecular flexibility index (Phi) is 3.47. The minimum absolute atomic E-state index is 0.216. The van der Waals surface area contributed by atoms with Gasteiger partial charge in [-0.2, -0.15) is 0 Å². The highest BCUT2D eigenvalue weighted by atomic mass is 79.9. The molecule has 1 unspecified atom stereocenters. The number of rotatable bonds is 3. The maximum Gasteiger partial charge on any atom is 0.0300 e. The first-order chi connectivity index (χ1) is 7.16. The molecule has 0 spiro atoms. The van der Waals surface area contributed by atoms with Gasteiger partial charge in [0, 0.05) is 10.5 Å². The molecule has 0 amide bonds. The third kappa shape index (κ3) is 2.61. The number of benzene rings is 1. The van der Waals surface area contributed by atoms with Crippen LogP contribution in [0.4, 0.5) is 0 Å². The van der Waals surface area contributed by atoms with Crippen LogP contribution < -0.4 is 5.73 Å². The van der Waals surface area contributed by atoms with E-state index in [2.05, 4.69) is 41.1 Å². The van der Waals surface area contributed by atoms with Crippen LogP contribution in [0.2, 0.25) is 0 Å². The van der Waals surface area contributed by atoms with Crippen molar-refractivity contribution in [1.29, 1.82) is 0 Å². The van der Waals surface area contributed by atoms with Crippen molar-refractivity contribution in [3.05, 3.63) is 33.8 Å². The van der Waals surface area contributed by atoms with E-state index in [1.807, 2.05) is 0 Å². The third-order valence-electron chi connectivity index (χ3n) is 3.45. The van der Waals surface area contributed by atoms with Crippen molar-refractivity contribution in [2.45, 2.75) is 38.6 Å². The van der Waals surface area contributed by atoms with Crippen LogP contribution in [-0.2, 0) is 0 Å². The SMILES string of the molecule is Cc1ccc(Br)cc1C(N)CC1CCC1. The lowest BCUT2D eigenvalue weighted by Gasteiger charge is -2.28. The van der Waals surface area contributed by atoms with Gasteiger partial charge in [-0.1, -0.05) is 41.3 Å². The molecule has 0 radical (unpaired) electrons. The van der Waals surface area contributed by atoms with Gasteiger partial charge in [-0.3, -0.25) is 0 Å². The van der Waals surface area contributed by atoms with Crippen LogP contribution >= 0.6 is 15.9 Å². The van der Waals surface area contributed by atoms with Gasteiger partial charge in [0.15, 0.2) is 0 Å². The molecule has 1 aliphatic rings. The lowest BCUT2D eigenvalue weighted by molar-refractivity contribution is 0.277. The summed E-state index contributed by atoms with van der Waals surface area (Å²) in [6.45, 7) is 2.14. The van der Waals surface area contributed by atoms with E-state index in [1.165, 1.54) is 30.4 Å². The van der Waals surface area contributed by atoms with Gasteiger partial charge in [0.1, 0.15) is 0 Å². The van der Waals surface area contributed by atoms with Crippen molar-refractivity contribution < 1.29 is 0 Å². The van der Waals surface area contributed by atoms with E-state index in [1.54, 1.807) is 0 Å². The topological polar surface area (TPSA) is 26.0 Å². The quantitative estimate of drug-likeness (QED) is 0.882. The van der Waals surface area contributed by atoms with E-state index in [9.17, 15) is 0 Å². The Bertz CT molecular complexity index is 344. The van der Waals surface area contributed by atoms with Crippen molar-refractivity contribution in [3.8, 4) is 0 Å². The summed E-state index contributed by atoms with van der Waals surface area (Å²) in [5.74, 6) is 0.874. The first-order valence-electron chi connectivity index (χ1n) is 5.68. The minimum atomic E-state index is 0.216. The Balaban J connectivity index is 2.09. The molecular formula is C13H18BrN. The van der Waals surface area contributed by atoms with Crippen molar-refractivity contribution in [1.82, 2.24) is 0 Å². The Morgan fingerprint density at radius 3 is 2.80 bits per heavy atom. The molecule has 0 aromatic heterocycles. The van der Waals surface area contributed by atoms with Crippen LogP contribution in [0.25, 0.3) is 0 Å². The lowest BCUT2D eigenvalue weighted by Crippen LogP contribution is -2.20. The fourth-order valence-corrected chi connectivity index (χ4v) is 2.60. The number of hydrogen-bond acceptors (Lipinski definition) is 1. The van der Waals surface area contributed by atoms with Crippen molar-refractivity contribution in [2.24, 2.45) is 11.7 Å². The fraction of sp³-hybridized carbons (Fsp3) is 0.538. The first-order valence-corrected chi connectivity index (χ1v) is 6.48. The van der Waals surface area contributed by atoms with Gasteiger partial charge in [-0.25, -0.2) is 0 Å². The number of halogens is 1. The molecule has 0 bridgehead atoms. The maximum atomic E-state index is 6.25. The molecule has 1 saturated carbocycles. The highest BCUT2D eigenvalue weighted by Crippen LogP contribution is 2.34. The second-order valence-electron chi connectivity index (χ2n) is 4.64. The number of hydrogen-bond donors (Lipinski definition) is 1.